The standard InChI is InChI=1S/C8H14BrNO4/c9-5-3(11)1-10-2-4(12)7(13)6(10)8(5)14/h3-8,11-14H,1-2H2/t3?,4?,5?,6?,7-,8?/m1/s1. The van der Waals surface area contributed by atoms with Crippen molar-refractivity contribution in [3.8, 4) is 0 Å². The highest BCUT2D eigenvalue weighted by Crippen LogP contribution is 2.31. The van der Waals surface area contributed by atoms with Gasteiger partial charge in [-0.05, 0) is 0 Å². The molecule has 2 fully saturated rings. The first-order valence-electron chi connectivity index (χ1n) is 4.62. The van der Waals surface area contributed by atoms with Gasteiger partial charge >= 0.3 is 0 Å². The Morgan fingerprint density at radius 2 is 1.50 bits per heavy atom. The molecular weight excluding hydrogens is 254 g/mol. The van der Waals surface area contributed by atoms with Crippen LogP contribution in [-0.2, 0) is 0 Å². The van der Waals surface area contributed by atoms with Crippen LogP contribution in [0.1, 0.15) is 0 Å². The molecule has 2 aliphatic rings. The van der Waals surface area contributed by atoms with E-state index in [4.69, 9.17) is 0 Å². The van der Waals surface area contributed by atoms with E-state index in [0.29, 0.717) is 13.1 Å². The highest BCUT2D eigenvalue weighted by molar-refractivity contribution is 9.09. The lowest BCUT2D eigenvalue weighted by molar-refractivity contribution is -0.0582. The second-order valence-corrected chi connectivity index (χ2v) is 5.06. The van der Waals surface area contributed by atoms with Crippen molar-refractivity contribution >= 4 is 15.9 Å². The fraction of sp³-hybridized carbons (Fsp3) is 1.00. The van der Waals surface area contributed by atoms with E-state index in [-0.39, 0.29) is 0 Å². The molecular formula is C8H14BrNO4. The second-order valence-electron chi connectivity index (χ2n) is 4.00. The smallest absolute Gasteiger partial charge is 0.0992 e. The normalized spacial score (nSPS) is 54.6. The first-order valence-corrected chi connectivity index (χ1v) is 5.54. The Morgan fingerprint density at radius 1 is 0.929 bits per heavy atom. The van der Waals surface area contributed by atoms with Crippen LogP contribution >= 0.6 is 15.9 Å². The Labute approximate surface area is 90.1 Å². The van der Waals surface area contributed by atoms with Crippen molar-refractivity contribution in [2.24, 2.45) is 0 Å². The van der Waals surface area contributed by atoms with Crippen LogP contribution in [0.5, 0.6) is 0 Å². The first-order chi connectivity index (χ1) is 6.52. The van der Waals surface area contributed by atoms with Gasteiger partial charge in [0.1, 0.15) is 0 Å². The van der Waals surface area contributed by atoms with Crippen LogP contribution in [0.15, 0.2) is 0 Å². The van der Waals surface area contributed by atoms with Gasteiger partial charge in [0, 0.05) is 13.1 Å². The van der Waals surface area contributed by atoms with Crippen LogP contribution in [0.3, 0.4) is 0 Å². The number of hydrogen-bond acceptors (Lipinski definition) is 5. The van der Waals surface area contributed by atoms with Gasteiger partial charge in [0.2, 0.25) is 0 Å². The van der Waals surface area contributed by atoms with Crippen LogP contribution < -0.4 is 0 Å². The number of alkyl halides is 1. The molecule has 0 amide bonds. The summed E-state index contributed by atoms with van der Waals surface area (Å²) in [6, 6.07) is -0.474. The minimum atomic E-state index is -0.933. The molecule has 0 spiro atoms. The molecule has 0 aromatic rings. The van der Waals surface area contributed by atoms with Gasteiger partial charge < -0.3 is 20.4 Å². The zero-order valence-electron chi connectivity index (χ0n) is 7.49. The molecule has 6 heteroatoms. The summed E-state index contributed by atoms with van der Waals surface area (Å²) in [6.45, 7) is 0.672. The molecule has 2 saturated heterocycles. The summed E-state index contributed by atoms with van der Waals surface area (Å²) in [5.74, 6) is 0. The SMILES string of the molecule is OC1CN2CC(O)[C@@H](O)C2C(O)C1Br. The monoisotopic (exact) mass is 267 g/mol. The largest absolute Gasteiger partial charge is 0.391 e. The van der Waals surface area contributed by atoms with Crippen LogP contribution in [0.25, 0.3) is 0 Å². The van der Waals surface area contributed by atoms with Crippen LogP contribution in [-0.4, -0.2) is 73.7 Å². The molecule has 0 aliphatic carbocycles. The summed E-state index contributed by atoms with van der Waals surface area (Å²) in [5.41, 5.74) is 0. The first kappa shape index (κ1) is 10.8. The summed E-state index contributed by atoms with van der Waals surface area (Å²) in [6.07, 6.45) is -3.29. The Morgan fingerprint density at radius 3 is 2.14 bits per heavy atom. The molecule has 5 unspecified atom stereocenters. The Balaban J connectivity index is 2.18. The lowest BCUT2D eigenvalue weighted by atomic mass is 9.95. The molecule has 6 atom stereocenters. The van der Waals surface area contributed by atoms with Gasteiger partial charge in [0.05, 0.1) is 35.3 Å². The van der Waals surface area contributed by atoms with E-state index < -0.39 is 35.3 Å². The summed E-state index contributed by atoms with van der Waals surface area (Å²) in [4.78, 5) is 1.28. The third-order valence-corrected chi connectivity index (χ3v) is 4.20. The number of hydrogen-bond donors (Lipinski definition) is 4. The van der Waals surface area contributed by atoms with E-state index in [1.807, 2.05) is 0 Å². The number of fused-ring (bicyclic) bond motifs is 1. The van der Waals surface area contributed by atoms with Crippen molar-refractivity contribution in [3.05, 3.63) is 0 Å². The van der Waals surface area contributed by atoms with Crippen molar-refractivity contribution in [3.63, 3.8) is 0 Å². The van der Waals surface area contributed by atoms with Gasteiger partial charge in [0.15, 0.2) is 0 Å². The average Bonchev–Trinajstić information content (AvgIpc) is 2.39. The van der Waals surface area contributed by atoms with Gasteiger partial charge in [-0.2, -0.15) is 0 Å². The third-order valence-electron chi connectivity index (χ3n) is 3.05. The zero-order valence-corrected chi connectivity index (χ0v) is 9.08. The second kappa shape index (κ2) is 3.70. The number of nitrogens with zero attached hydrogens (tertiary/aromatic N) is 1. The van der Waals surface area contributed by atoms with Crippen LogP contribution in [0.2, 0.25) is 0 Å². The van der Waals surface area contributed by atoms with Gasteiger partial charge in [-0.1, -0.05) is 15.9 Å². The van der Waals surface area contributed by atoms with E-state index in [1.165, 1.54) is 0 Å². The molecule has 0 aromatic carbocycles. The van der Waals surface area contributed by atoms with Gasteiger partial charge in [-0.25, -0.2) is 0 Å². The van der Waals surface area contributed by atoms with E-state index in [1.54, 1.807) is 4.90 Å². The fourth-order valence-electron chi connectivity index (χ4n) is 2.28. The summed E-state index contributed by atoms with van der Waals surface area (Å²) < 4.78 is 0. The number of halogens is 1. The molecule has 2 rings (SSSR count). The molecule has 2 heterocycles. The maximum atomic E-state index is 9.79. The van der Waals surface area contributed by atoms with Gasteiger partial charge in [-0.15, -0.1) is 0 Å². The zero-order chi connectivity index (χ0) is 10.5. The van der Waals surface area contributed by atoms with E-state index >= 15 is 0 Å². The fourth-order valence-corrected chi connectivity index (χ4v) is 2.76. The number of aliphatic hydroxyl groups is 4. The van der Waals surface area contributed by atoms with Crippen molar-refractivity contribution < 1.29 is 20.4 Å². The Kier molecular flexibility index (Phi) is 2.85. The molecule has 82 valence electrons. The predicted molar refractivity (Wildman–Crippen MR) is 52.1 cm³/mol. The minimum absolute atomic E-state index is 0.305. The molecule has 4 N–H and O–H groups in total. The Bertz CT molecular complexity index is 227. The third kappa shape index (κ3) is 1.50. The van der Waals surface area contributed by atoms with Gasteiger partial charge in [-0.3, -0.25) is 4.90 Å². The number of piperidine rings is 1. The van der Waals surface area contributed by atoms with Gasteiger partial charge in [0.25, 0.3) is 0 Å². The number of rotatable bonds is 0. The summed E-state index contributed by atoms with van der Waals surface area (Å²) >= 11 is 3.18. The maximum absolute atomic E-state index is 9.79. The topological polar surface area (TPSA) is 84.2 Å². The molecule has 0 aromatic heterocycles. The lowest BCUT2D eigenvalue weighted by Gasteiger charge is -2.40. The van der Waals surface area contributed by atoms with Crippen LogP contribution in [0.4, 0.5) is 0 Å². The average molecular weight is 268 g/mol. The molecule has 0 bridgehead atoms. The summed E-state index contributed by atoms with van der Waals surface area (Å²) in [5, 5.41) is 38.4. The quantitative estimate of drug-likeness (QED) is 0.378. The lowest BCUT2D eigenvalue weighted by Crippen LogP contribution is -2.59. The van der Waals surface area contributed by atoms with E-state index in [0.717, 1.165) is 0 Å². The highest BCUT2D eigenvalue weighted by Gasteiger charge is 2.50. The van der Waals surface area contributed by atoms with Crippen molar-refractivity contribution in [1.29, 1.82) is 0 Å². The van der Waals surface area contributed by atoms with Crippen molar-refractivity contribution in [2.75, 3.05) is 13.1 Å². The van der Waals surface area contributed by atoms with Crippen LogP contribution in [0, 0.1) is 0 Å². The maximum Gasteiger partial charge on any atom is 0.0992 e. The summed E-state index contributed by atoms with van der Waals surface area (Å²) in [7, 11) is 0. The molecule has 0 radical (unpaired) electrons. The Hall–Kier alpha value is 0.280. The number of aliphatic hydroxyl groups excluding tert-OH is 4. The van der Waals surface area contributed by atoms with E-state index in [2.05, 4.69) is 15.9 Å². The molecule has 14 heavy (non-hydrogen) atoms. The molecule has 2 aliphatic heterocycles. The highest BCUT2D eigenvalue weighted by atomic mass is 79.9. The van der Waals surface area contributed by atoms with Crippen molar-refractivity contribution in [2.45, 2.75) is 35.3 Å². The van der Waals surface area contributed by atoms with E-state index in [9.17, 15) is 20.4 Å². The minimum Gasteiger partial charge on any atom is -0.391 e. The molecule has 5 nitrogen and oxygen atoms in total. The predicted octanol–water partition coefficient (Wildman–Crippen LogP) is -2.11. The molecule has 0 saturated carbocycles. The van der Waals surface area contributed by atoms with Crippen molar-refractivity contribution in [1.82, 2.24) is 4.90 Å².